The Hall–Kier alpha value is -3.61. The van der Waals surface area contributed by atoms with Crippen LogP contribution in [-0.2, 0) is 25.5 Å². The number of carbonyl (C=O) groups is 2. The molecule has 0 radical (unpaired) electrons. The van der Waals surface area contributed by atoms with Gasteiger partial charge in [-0.3, -0.25) is 19.6 Å². The van der Waals surface area contributed by atoms with Gasteiger partial charge < -0.3 is 24.3 Å². The van der Waals surface area contributed by atoms with Crippen molar-refractivity contribution in [2.45, 2.75) is 18.1 Å². The van der Waals surface area contributed by atoms with E-state index in [-0.39, 0.29) is 29.3 Å². The largest absolute Gasteiger partial charge is 0.493 e. The molecule has 2 amide bonds. The molecular formula is C28H31FN4O6S. The number of thioether (sulfide) groups is 1. The second-order valence-electron chi connectivity index (χ2n) is 9.33. The molecule has 1 atom stereocenters. The summed E-state index contributed by atoms with van der Waals surface area (Å²) in [5, 5.41) is 10.4. The monoisotopic (exact) mass is 570 g/mol. The molecule has 1 unspecified atom stereocenters. The van der Waals surface area contributed by atoms with Crippen molar-refractivity contribution in [1.29, 1.82) is 0 Å². The van der Waals surface area contributed by atoms with E-state index in [4.69, 9.17) is 18.9 Å². The SMILES string of the molecule is COc1cc2c(cc1OCCOCCOCCSC1CC(=O)N(C)C1=O)Cc1c(Nc3cccc(F)c3)n[nH]c1-2. The van der Waals surface area contributed by atoms with Gasteiger partial charge in [-0.25, -0.2) is 4.39 Å². The number of nitrogens with zero attached hydrogens (tertiary/aromatic N) is 2. The Balaban J connectivity index is 1.04. The van der Waals surface area contributed by atoms with Gasteiger partial charge in [0, 0.05) is 42.5 Å². The van der Waals surface area contributed by atoms with E-state index in [9.17, 15) is 14.0 Å². The standard InChI is InChI=1S/C28H31FN4O6S/c1-33-25(34)16-24(28(33)35)40-11-10-38-7-6-37-8-9-39-23-13-17-12-21-26(20(17)15-22(23)36-2)31-32-27(21)30-19-5-3-4-18(29)14-19/h3-5,13-15,24H,6-12,16H2,1-2H3,(H2,30,31,32). The highest BCUT2D eigenvalue weighted by molar-refractivity contribution is 8.00. The van der Waals surface area contributed by atoms with Gasteiger partial charge in [-0.15, -0.1) is 11.8 Å². The van der Waals surface area contributed by atoms with Crippen LogP contribution in [0, 0.1) is 5.82 Å². The molecule has 40 heavy (non-hydrogen) atoms. The molecule has 1 saturated heterocycles. The van der Waals surface area contributed by atoms with Gasteiger partial charge in [0.15, 0.2) is 17.3 Å². The second-order valence-corrected chi connectivity index (χ2v) is 10.6. The first-order valence-electron chi connectivity index (χ1n) is 13.0. The van der Waals surface area contributed by atoms with Gasteiger partial charge in [0.2, 0.25) is 11.8 Å². The number of benzene rings is 2. The summed E-state index contributed by atoms with van der Waals surface area (Å²) in [6, 6.07) is 10.2. The minimum absolute atomic E-state index is 0.132. The molecule has 2 aliphatic rings. The number of likely N-dealkylation sites (tertiary alicyclic amines) is 1. The highest BCUT2D eigenvalue weighted by Gasteiger charge is 2.36. The van der Waals surface area contributed by atoms with Crippen LogP contribution in [0.5, 0.6) is 11.5 Å². The number of aromatic nitrogens is 2. The average molecular weight is 571 g/mol. The van der Waals surface area contributed by atoms with Crippen molar-refractivity contribution in [2.24, 2.45) is 0 Å². The van der Waals surface area contributed by atoms with Gasteiger partial charge in [-0.2, -0.15) is 5.10 Å². The zero-order chi connectivity index (χ0) is 28.1. The Morgan fingerprint density at radius 2 is 1.90 bits per heavy atom. The lowest BCUT2D eigenvalue weighted by molar-refractivity contribution is -0.136. The maximum Gasteiger partial charge on any atom is 0.242 e. The summed E-state index contributed by atoms with van der Waals surface area (Å²) in [4.78, 5) is 24.6. The lowest BCUT2D eigenvalue weighted by Crippen LogP contribution is -2.26. The molecule has 0 bridgehead atoms. The lowest BCUT2D eigenvalue weighted by atomic mass is 10.1. The van der Waals surface area contributed by atoms with Gasteiger partial charge in [-0.1, -0.05) is 6.07 Å². The van der Waals surface area contributed by atoms with E-state index in [2.05, 4.69) is 15.5 Å². The van der Waals surface area contributed by atoms with Crippen LogP contribution in [0.2, 0.25) is 0 Å². The van der Waals surface area contributed by atoms with Gasteiger partial charge >= 0.3 is 0 Å². The van der Waals surface area contributed by atoms with Crippen LogP contribution in [-0.4, -0.2) is 85.1 Å². The van der Waals surface area contributed by atoms with E-state index in [1.807, 2.05) is 12.1 Å². The van der Waals surface area contributed by atoms with Crippen LogP contribution in [0.3, 0.4) is 0 Å². The molecule has 2 aromatic carbocycles. The molecule has 1 aliphatic heterocycles. The van der Waals surface area contributed by atoms with Crippen molar-refractivity contribution in [1.82, 2.24) is 15.1 Å². The van der Waals surface area contributed by atoms with Gasteiger partial charge in [0.25, 0.3) is 0 Å². The average Bonchev–Trinajstić information content (AvgIpc) is 3.57. The van der Waals surface area contributed by atoms with Crippen molar-refractivity contribution < 1.29 is 32.9 Å². The molecular weight excluding hydrogens is 539 g/mol. The molecule has 2 heterocycles. The highest BCUT2D eigenvalue weighted by atomic mass is 32.2. The van der Waals surface area contributed by atoms with E-state index in [1.54, 1.807) is 19.2 Å². The molecule has 12 heteroatoms. The number of imide groups is 1. The minimum Gasteiger partial charge on any atom is -0.493 e. The third-order valence-electron chi connectivity index (χ3n) is 6.72. The smallest absolute Gasteiger partial charge is 0.242 e. The number of amides is 2. The number of H-pyrrole nitrogens is 1. The van der Waals surface area contributed by atoms with Crippen LogP contribution in [0.25, 0.3) is 11.3 Å². The number of nitrogens with one attached hydrogen (secondary N) is 2. The number of ether oxygens (including phenoxy) is 4. The molecule has 1 aromatic heterocycles. The Labute approximate surface area is 235 Å². The maximum atomic E-state index is 13.6. The number of carbonyl (C=O) groups excluding carboxylic acids is 2. The van der Waals surface area contributed by atoms with Crippen LogP contribution in [0.1, 0.15) is 17.5 Å². The Morgan fingerprint density at radius 1 is 1.10 bits per heavy atom. The zero-order valence-electron chi connectivity index (χ0n) is 22.3. The summed E-state index contributed by atoms with van der Waals surface area (Å²) in [5.41, 5.74) is 4.58. The summed E-state index contributed by atoms with van der Waals surface area (Å²) in [7, 11) is 3.11. The Bertz CT molecular complexity index is 1380. The first-order valence-corrected chi connectivity index (χ1v) is 14.0. The molecule has 3 aromatic rings. The van der Waals surface area contributed by atoms with Crippen molar-refractivity contribution in [3.8, 4) is 22.8 Å². The minimum atomic E-state index is -0.316. The van der Waals surface area contributed by atoms with Gasteiger partial charge in [0.1, 0.15) is 12.4 Å². The number of hydrogen-bond acceptors (Lipinski definition) is 9. The predicted molar refractivity (Wildman–Crippen MR) is 149 cm³/mol. The molecule has 0 saturated carbocycles. The van der Waals surface area contributed by atoms with Crippen LogP contribution >= 0.6 is 11.8 Å². The molecule has 0 spiro atoms. The normalized spacial score (nSPS) is 15.9. The molecule has 2 N–H and O–H groups in total. The Morgan fingerprint density at radius 3 is 2.65 bits per heavy atom. The molecule has 1 aliphatic carbocycles. The summed E-state index contributed by atoms with van der Waals surface area (Å²) in [5.74, 6) is 1.95. The second kappa shape index (κ2) is 12.7. The van der Waals surface area contributed by atoms with Gasteiger partial charge in [-0.05, 0) is 35.9 Å². The number of methoxy groups -OCH3 is 1. The molecule has 212 valence electrons. The first-order chi connectivity index (χ1) is 19.4. The van der Waals surface area contributed by atoms with Crippen LogP contribution < -0.4 is 14.8 Å². The van der Waals surface area contributed by atoms with Crippen LogP contribution in [0.15, 0.2) is 36.4 Å². The third-order valence-corrected chi connectivity index (χ3v) is 7.90. The topological polar surface area (TPSA) is 115 Å². The summed E-state index contributed by atoms with van der Waals surface area (Å²) >= 11 is 1.45. The van der Waals surface area contributed by atoms with Crippen molar-refractivity contribution >= 4 is 35.1 Å². The predicted octanol–water partition coefficient (Wildman–Crippen LogP) is 3.77. The molecule has 10 nitrogen and oxygen atoms in total. The number of rotatable bonds is 14. The summed E-state index contributed by atoms with van der Waals surface area (Å²) in [6.45, 7) is 2.05. The fourth-order valence-corrected chi connectivity index (χ4v) is 5.70. The number of halogens is 1. The summed E-state index contributed by atoms with van der Waals surface area (Å²) in [6.07, 6.45) is 0.907. The van der Waals surface area contributed by atoms with E-state index >= 15 is 0 Å². The third kappa shape index (κ3) is 6.24. The van der Waals surface area contributed by atoms with E-state index in [0.29, 0.717) is 68.2 Å². The van der Waals surface area contributed by atoms with E-state index in [1.165, 1.54) is 35.8 Å². The summed E-state index contributed by atoms with van der Waals surface area (Å²) < 4.78 is 36.3. The quantitative estimate of drug-likeness (QED) is 0.173. The maximum absolute atomic E-state index is 13.6. The van der Waals surface area contributed by atoms with Crippen molar-refractivity contribution in [3.63, 3.8) is 0 Å². The van der Waals surface area contributed by atoms with E-state index in [0.717, 1.165) is 22.4 Å². The fourth-order valence-electron chi connectivity index (χ4n) is 4.64. The number of fused-ring (bicyclic) bond motifs is 3. The molecule has 1 fully saturated rings. The lowest BCUT2D eigenvalue weighted by Gasteiger charge is -2.13. The van der Waals surface area contributed by atoms with E-state index < -0.39 is 0 Å². The number of hydrogen-bond donors (Lipinski definition) is 2. The zero-order valence-corrected chi connectivity index (χ0v) is 23.1. The number of anilines is 2. The highest BCUT2D eigenvalue weighted by Crippen LogP contribution is 2.44. The van der Waals surface area contributed by atoms with Crippen molar-refractivity contribution in [3.05, 3.63) is 53.3 Å². The number of aromatic amines is 1. The van der Waals surface area contributed by atoms with Crippen molar-refractivity contribution in [2.75, 3.05) is 58.3 Å². The molecule has 5 rings (SSSR count). The Kier molecular flexibility index (Phi) is 8.88. The van der Waals surface area contributed by atoms with Crippen LogP contribution in [0.4, 0.5) is 15.9 Å². The fraction of sp³-hybridized carbons (Fsp3) is 0.393. The first kappa shape index (κ1) is 27.9. The van der Waals surface area contributed by atoms with Gasteiger partial charge in [0.05, 0.1) is 44.5 Å².